The number of aryl methyl sites for hydroxylation is 1. The Morgan fingerprint density at radius 3 is 2.37 bits per heavy atom. The van der Waals surface area contributed by atoms with E-state index in [9.17, 15) is 18.3 Å². The van der Waals surface area contributed by atoms with Gasteiger partial charge in [-0.3, -0.25) is 0 Å². The van der Waals surface area contributed by atoms with Crippen LogP contribution in [0.4, 0.5) is 13.2 Å². The third-order valence-corrected chi connectivity index (χ3v) is 2.50. The molecule has 0 bridgehead atoms. The molecule has 0 spiro atoms. The smallest absolute Gasteiger partial charge is 0.416 e. The van der Waals surface area contributed by atoms with Crippen LogP contribution in [0, 0.1) is 0 Å². The van der Waals surface area contributed by atoms with Crippen molar-refractivity contribution in [2.45, 2.75) is 6.18 Å². The molecule has 7 heteroatoms. The zero-order chi connectivity index (χ0) is 14.0. The average Bonchev–Trinajstić information content (AvgIpc) is 2.74. The zero-order valence-corrected chi connectivity index (χ0v) is 9.93. The van der Waals surface area contributed by atoms with E-state index in [1.165, 1.54) is 4.79 Å². The molecule has 1 heterocycles. The highest BCUT2D eigenvalue weighted by Crippen LogP contribution is 2.28. The second kappa shape index (κ2) is 4.75. The summed E-state index contributed by atoms with van der Waals surface area (Å²) in [5, 5.41) is 15.5. The van der Waals surface area contributed by atoms with Crippen molar-refractivity contribution < 1.29 is 23.0 Å². The minimum Gasteiger partial charge on any atom is -0.837 e. The summed E-state index contributed by atoms with van der Waals surface area (Å²) >= 11 is 0. The van der Waals surface area contributed by atoms with Crippen LogP contribution in [0.1, 0.15) is 11.1 Å². The lowest BCUT2D eigenvalue weighted by Gasteiger charge is -2.08. The van der Waals surface area contributed by atoms with E-state index in [-0.39, 0.29) is 5.56 Å². The molecule has 0 unspecified atom stereocenters. The Hall–Kier alpha value is -2.31. The normalized spacial score (nSPS) is 12.7. The quantitative estimate of drug-likeness (QED) is 0.454. The molecule has 19 heavy (non-hydrogen) atoms. The molecule has 0 radical (unpaired) electrons. The fourth-order valence-electron chi connectivity index (χ4n) is 1.47. The highest BCUT2D eigenvalue weighted by molar-refractivity contribution is 5.90. The van der Waals surface area contributed by atoms with Crippen molar-refractivity contribution >= 4 is 5.90 Å². The average molecular weight is 269 g/mol. The molecule has 100 valence electrons. The van der Waals surface area contributed by atoms with E-state index in [2.05, 4.69) is 5.10 Å². The Bertz CT molecular complexity index is 599. The van der Waals surface area contributed by atoms with Crippen LogP contribution in [0.25, 0.3) is 0 Å². The molecule has 0 saturated carbocycles. The molecular formula is C12H10F3N3O. The molecule has 1 aromatic carbocycles. The Balaban J connectivity index is 2.28. The molecule has 0 aliphatic rings. The van der Waals surface area contributed by atoms with Crippen molar-refractivity contribution in [2.75, 3.05) is 0 Å². The van der Waals surface area contributed by atoms with E-state index in [0.717, 1.165) is 24.3 Å². The standard InChI is InChI=1S/C12H10F3N3O/c1-17-7-2-8-18(17)16-11(19)9-3-5-10(6-4-9)12(13,14)15/h2-8H,1H3. The zero-order valence-electron chi connectivity index (χ0n) is 9.93. The van der Waals surface area contributed by atoms with E-state index >= 15 is 0 Å². The van der Waals surface area contributed by atoms with Gasteiger partial charge in [-0.05, 0) is 16.9 Å². The molecule has 2 aromatic rings. The third kappa shape index (κ3) is 2.93. The van der Waals surface area contributed by atoms with Gasteiger partial charge in [0.25, 0.3) is 0 Å². The number of nitrogens with zero attached hydrogens (tertiary/aromatic N) is 3. The first-order chi connectivity index (χ1) is 8.88. The maximum Gasteiger partial charge on any atom is 0.416 e. The van der Waals surface area contributed by atoms with Crippen LogP contribution in [0.3, 0.4) is 0 Å². The van der Waals surface area contributed by atoms with Crippen LogP contribution >= 0.6 is 0 Å². The minimum atomic E-state index is -4.41. The predicted molar refractivity (Wildman–Crippen MR) is 59.0 cm³/mol. The van der Waals surface area contributed by atoms with Crippen LogP contribution in [-0.2, 0) is 13.2 Å². The van der Waals surface area contributed by atoms with E-state index in [1.54, 1.807) is 30.2 Å². The number of rotatable bonds is 2. The van der Waals surface area contributed by atoms with Crippen LogP contribution < -0.4 is 9.79 Å². The van der Waals surface area contributed by atoms with Gasteiger partial charge in [0.1, 0.15) is 19.1 Å². The molecule has 0 fully saturated rings. The summed E-state index contributed by atoms with van der Waals surface area (Å²) < 4.78 is 38.6. The third-order valence-electron chi connectivity index (χ3n) is 2.50. The van der Waals surface area contributed by atoms with Gasteiger partial charge in [-0.1, -0.05) is 12.1 Å². The van der Waals surface area contributed by atoms with Crippen molar-refractivity contribution in [2.24, 2.45) is 12.1 Å². The second-order valence-corrected chi connectivity index (χ2v) is 3.86. The maximum atomic E-state index is 12.4. The first-order valence-electron chi connectivity index (χ1n) is 5.35. The van der Waals surface area contributed by atoms with Crippen LogP contribution in [0.2, 0.25) is 0 Å². The summed E-state index contributed by atoms with van der Waals surface area (Å²) in [6.45, 7) is 0. The van der Waals surface area contributed by atoms with E-state index in [4.69, 9.17) is 0 Å². The fourth-order valence-corrected chi connectivity index (χ4v) is 1.47. The Labute approximate surface area is 107 Å². The number of hydrogen-bond donors (Lipinski definition) is 0. The van der Waals surface area contributed by atoms with Gasteiger partial charge in [0.05, 0.1) is 11.8 Å². The van der Waals surface area contributed by atoms with Gasteiger partial charge in [-0.25, -0.2) is 0 Å². The van der Waals surface area contributed by atoms with Crippen molar-refractivity contribution in [1.29, 1.82) is 0 Å². The van der Waals surface area contributed by atoms with Crippen LogP contribution in [0.5, 0.6) is 0 Å². The summed E-state index contributed by atoms with van der Waals surface area (Å²) in [5.74, 6) is -0.611. The van der Waals surface area contributed by atoms with Crippen molar-refractivity contribution in [1.82, 2.24) is 4.79 Å². The van der Waals surface area contributed by atoms with Gasteiger partial charge in [0, 0.05) is 16.7 Å². The van der Waals surface area contributed by atoms with Gasteiger partial charge in [-0.2, -0.15) is 17.9 Å². The molecule has 2 rings (SSSR count). The van der Waals surface area contributed by atoms with Crippen molar-refractivity contribution in [3.05, 3.63) is 53.9 Å². The molecule has 1 aromatic heterocycles. The summed E-state index contributed by atoms with van der Waals surface area (Å²) in [7, 11) is 1.68. The molecule has 0 amide bonds. The summed E-state index contributed by atoms with van der Waals surface area (Å²) in [5.41, 5.74) is -0.697. The first kappa shape index (κ1) is 13.1. The number of halogens is 3. The predicted octanol–water partition coefficient (Wildman–Crippen LogP) is 0.902. The number of alkyl halides is 3. The molecule has 4 nitrogen and oxygen atoms in total. The molecule has 0 N–H and O–H groups in total. The van der Waals surface area contributed by atoms with Crippen LogP contribution in [-0.4, -0.2) is 10.7 Å². The summed E-state index contributed by atoms with van der Waals surface area (Å²) in [4.78, 5) is 1.29. The van der Waals surface area contributed by atoms with E-state index < -0.39 is 17.6 Å². The highest BCUT2D eigenvalue weighted by Gasteiger charge is 2.29. The van der Waals surface area contributed by atoms with Crippen molar-refractivity contribution in [3.63, 3.8) is 0 Å². The highest BCUT2D eigenvalue weighted by atomic mass is 19.4. The maximum absolute atomic E-state index is 12.4. The first-order valence-corrected chi connectivity index (χ1v) is 5.35. The SMILES string of the molecule is C[n+]1cccn1/N=C(\[O-])c1ccc(C(F)(F)F)cc1. The summed E-state index contributed by atoms with van der Waals surface area (Å²) in [6.07, 6.45) is -1.17. The van der Waals surface area contributed by atoms with Gasteiger partial charge < -0.3 is 5.11 Å². The molecule has 0 aliphatic heterocycles. The fraction of sp³-hybridized carbons (Fsp3) is 0.167. The topological polar surface area (TPSA) is 44.2 Å². The Morgan fingerprint density at radius 2 is 1.89 bits per heavy atom. The number of hydrogen-bond acceptors (Lipinski definition) is 2. The largest absolute Gasteiger partial charge is 0.837 e. The summed E-state index contributed by atoms with van der Waals surface area (Å²) in [6, 6.07) is 5.62. The number of benzene rings is 1. The Kier molecular flexibility index (Phi) is 3.28. The minimum absolute atomic E-state index is 0.0988. The molecule has 0 atom stereocenters. The van der Waals surface area contributed by atoms with E-state index in [0.29, 0.717) is 0 Å². The van der Waals surface area contributed by atoms with Gasteiger partial charge >= 0.3 is 6.18 Å². The lowest BCUT2D eigenvalue weighted by Crippen LogP contribution is -2.37. The Morgan fingerprint density at radius 1 is 1.26 bits per heavy atom. The van der Waals surface area contributed by atoms with Gasteiger partial charge in [0.2, 0.25) is 0 Å². The monoisotopic (exact) mass is 269 g/mol. The van der Waals surface area contributed by atoms with Crippen molar-refractivity contribution in [3.8, 4) is 0 Å². The second-order valence-electron chi connectivity index (χ2n) is 3.86. The molecular weight excluding hydrogens is 259 g/mol. The lowest BCUT2D eigenvalue weighted by molar-refractivity contribution is -0.752. The van der Waals surface area contributed by atoms with Gasteiger partial charge in [0.15, 0.2) is 0 Å². The molecule has 0 saturated heterocycles. The number of aromatic nitrogens is 2. The molecule has 0 aliphatic carbocycles. The van der Waals surface area contributed by atoms with E-state index in [1.807, 2.05) is 0 Å². The van der Waals surface area contributed by atoms with Gasteiger partial charge in [-0.15, -0.1) is 0 Å². The lowest BCUT2D eigenvalue weighted by atomic mass is 10.1. The van der Waals surface area contributed by atoms with Crippen LogP contribution in [0.15, 0.2) is 47.8 Å².